The Morgan fingerprint density at radius 3 is 2.75 bits per heavy atom. The predicted octanol–water partition coefficient (Wildman–Crippen LogP) is 3.40. The monoisotopic (exact) mass is 342 g/mol. The van der Waals surface area contributed by atoms with Crippen LogP contribution < -0.4 is 10.9 Å². The zero-order valence-corrected chi connectivity index (χ0v) is 13.7. The van der Waals surface area contributed by atoms with Crippen molar-refractivity contribution in [2.45, 2.75) is 13.3 Å². The van der Waals surface area contributed by atoms with Crippen molar-refractivity contribution < 1.29 is 14.0 Å². The summed E-state index contributed by atoms with van der Waals surface area (Å²) < 4.78 is 5.43. The molecule has 0 aliphatic heterocycles. The second-order valence-corrected chi connectivity index (χ2v) is 5.89. The minimum Gasteiger partial charge on any atom is -0.464 e. The van der Waals surface area contributed by atoms with Crippen LogP contribution in [-0.4, -0.2) is 11.8 Å². The van der Waals surface area contributed by atoms with Gasteiger partial charge in [0.25, 0.3) is 5.91 Å². The van der Waals surface area contributed by atoms with Gasteiger partial charge in [0.15, 0.2) is 0 Å². The van der Waals surface area contributed by atoms with Crippen molar-refractivity contribution in [1.82, 2.24) is 10.9 Å². The number of aryl methyl sites for hydroxylation is 1. The Labute approximate surface area is 143 Å². The van der Waals surface area contributed by atoms with Crippen LogP contribution in [0.1, 0.15) is 21.5 Å². The number of carbonyl (C=O) groups is 2. The number of hydrazine groups is 1. The SMILES string of the molecule is Cc1ccc2occ(CC(=O)NNC(=O)c3cccc(Cl)c3)c2c1. The molecule has 24 heavy (non-hydrogen) atoms. The topological polar surface area (TPSA) is 71.3 Å². The molecular formula is C18H15ClN2O3. The molecule has 0 radical (unpaired) electrons. The normalized spacial score (nSPS) is 10.6. The number of carbonyl (C=O) groups excluding carboxylic acids is 2. The van der Waals surface area contributed by atoms with E-state index in [0.717, 1.165) is 22.1 Å². The minimum absolute atomic E-state index is 0.103. The third-order valence-electron chi connectivity index (χ3n) is 3.56. The van der Waals surface area contributed by atoms with Crippen molar-refractivity contribution in [2.24, 2.45) is 0 Å². The van der Waals surface area contributed by atoms with E-state index in [1.54, 1.807) is 24.5 Å². The molecule has 0 aliphatic rings. The van der Waals surface area contributed by atoms with Crippen LogP contribution in [0.15, 0.2) is 53.1 Å². The van der Waals surface area contributed by atoms with Gasteiger partial charge in [0, 0.05) is 21.5 Å². The molecule has 2 aromatic carbocycles. The molecule has 3 rings (SSSR count). The molecule has 2 N–H and O–H groups in total. The molecule has 0 bridgehead atoms. The summed E-state index contributed by atoms with van der Waals surface area (Å²) in [5, 5.41) is 1.35. The average Bonchev–Trinajstić information content (AvgIpc) is 2.95. The lowest BCUT2D eigenvalue weighted by Gasteiger charge is -2.07. The van der Waals surface area contributed by atoms with Gasteiger partial charge in [0.2, 0.25) is 5.91 Å². The quantitative estimate of drug-likeness (QED) is 0.717. The first kappa shape index (κ1) is 16.1. The number of amides is 2. The van der Waals surface area contributed by atoms with Gasteiger partial charge in [-0.1, -0.05) is 29.3 Å². The minimum atomic E-state index is -0.432. The number of halogens is 1. The van der Waals surface area contributed by atoms with Crippen molar-refractivity contribution in [3.63, 3.8) is 0 Å². The van der Waals surface area contributed by atoms with Gasteiger partial charge in [0.1, 0.15) is 5.58 Å². The lowest BCUT2D eigenvalue weighted by Crippen LogP contribution is -2.42. The van der Waals surface area contributed by atoms with Gasteiger partial charge in [-0.25, -0.2) is 0 Å². The molecule has 0 atom stereocenters. The molecule has 2 amide bonds. The summed E-state index contributed by atoms with van der Waals surface area (Å²) in [5.74, 6) is -0.770. The van der Waals surface area contributed by atoms with Crippen LogP contribution in [0, 0.1) is 6.92 Å². The Kier molecular flexibility index (Phi) is 4.53. The molecule has 6 heteroatoms. The van der Waals surface area contributed by atoms with E-state index < -0.39 is 5.91 Å². The molecule has 3 aromatic rings. The summed E-state index contributed by atoms with van der Waals surface area (Å²) in [4.78, 5) is 24.0. The Morgan fingerprint density at radius 2 is 1.96 bits per heavy atom. The fourth-order valence-corrected chi connectivity index (χ4v) is 2.57. The van der Waals surface area contributed by atoms with Crippen LogP contribution in [0.25, 0.3) is 11.0 Å². The van der Waals surface area contributed by atoms with Crippen LogP contribution >= 0.6 is 11.6 Å². The summed E-state index contributed by atoms with van der Waals surface area (Å²) in [7, 11) is 0. The van der Waals surface area contributed by atoms with Gasteiger partial charge in [-0.05, 0) is 37.3 Å². The van der Waals surface area contributed by atoms with Crippen molar-refractivity contribution >= 4 is 34.4 Å². The number of furan rings is 1. The molecule has 0 unspecified atom stereocenters. The first-order valence-corrected chi connectivity index (χ1v) is 7.72. The zero-order valence-electron chi connectivity index (χ0n) is 12.9. The van der Waals surface area contributed by atoms with Crippen molar-refractivity contribution in [3.8, 4) is 0 Å². The first-order valence-electron chi connectivity index (χ1n) is 7.34. The summed E-state index contributed by atoms with van der Waals surface area (Å²) in [6.45, 7) is 1.97. The molecule has 0 fully saturated rings. The van der Waals surface area contributed by atoms with Crippen LogP contribution in [0.4, 0.5) is 0 Å². The number of fused-ring (bicyclic) bond motifs is 1. The van der Waals surface area contributed by atoms with Crippen LogP contribution in [0.5, 0.6) is 0 Å². The van der Waals surface area contributed by atoms with E-state index in [-0.39, 0.29) is 12.3 Å². The fraction of sp³-hybridized carbons (Fsp3) is 0.111. The molecule has 1 aromatic heterocycles. The fourth-order valence-electron chi connectivity index (χ4n) is 2.38. The molecule has 1 heterocycles. The largest absolute Gasteiger partial charge is 0.464 e. The number of hydrogen-bond acceptors (Lipinski definition) is 3. The van der Waals surface area contributed by atoms with Gasteiger partial charge in [-0.3, -0.25) is 20.4 Å². The van der Waals surface area contributed by atoms with E-state index in [0.29, 0.717) is 10.6 Å². The molecule has 0 spiro atoms. The highest BCUT2D eigenvalue weighted by molar-refractivity contribution is 6.30. The molecule has 0 saturated heterocycles. The summed E-state index contributed by atoms with van der Waals surface area (Å²) in [6.07, 6.45) is 1.66. The van der Waals surface area contributed by atoms with Gasteiger partial charge in [-0.15, -0.1) is 0 Å². The molecule has 5 nitrogen and oxygen atoms in total. The maximum absolute atomic E-state index is 12.0. The molecule has 0 aliphatic carbocycles. The highest BCUT2D eigenvalue weighted by Crippen LogP contribution is 2.22. The van der Waals surface area contributed by atoms with Gasteiger partial charge < -0.3 is 4.42 Å². The number of benzene rings is 2. The van der Waals surface area contributed by atoms with Gasteiger partial charge in [-0.2, -0.15) is 0 Å². The van der Waals surface area contributed by atoms with E-state index >= 15 is 0 Å². The van der Waals surface area contributed by atoms with E-state index in [1.807, 2.05) is 25.1 Å². The summed E-state index contributed by atoms with van der Waals surface area (Å²) in [5.41, 5.74) is 7.71. The van der Waals surface area contributed by atoms with E-state index in [2.05, 4.69) is 10.9 Å². The molecule has 122 valence electrons. The van der Waals surface area contributed by atoms with Crippen molar-refractivity contribution in [2.75, 3.05) is 0 Å². The third kappa shape index (κ3) is 3.58. The highest BCUT2D eigenvalue weighted by Gasteiger charge is 2.12. The smallest absolute Gasteiger partial charge is 0.269 e. The second-order valence-electron chi connectivity index (χ2n) is 5.45. The summed E-state index contributed by atoms with van der Waals surface area (Å²) >= 11 is 5.84. The Hall–Kier alpha value is -2.79. The van der Waals surface area contributed by atoms with Crippen LogP contribution in [0.3, 0.4) is 0 Å². The summed E-state index contributed by atoms with van der Waals surface area (Å²) in [6, 6.07) is 12.2. The predicted molar refractivity (Wildman–Crippen MR) is 91.7 cm³/mol. The number of hydrogen-bond donors (Lipinski definition) is 2. The van der Waals surface area contributed by atoms with Crippen LogP contribution in [-0.2, 0) is 11.2 Å². The first-order chi connectivity index (χ1) is 11.5. The Bertz CT molecular complexity index is 918. The maximum Gasteiger partial charge on any atom is 0.269 e. The van der Waals surface area contributed by atoms with Crippen molar-refractivity contribution in [1.29, 1.82) is 0 Å². The van der Waals surface area contributed by atoms with Crippen molar-refractivity contribution in [3.05, 3.63) is 70.4 Å². The van der Waals surface area contributed by atoms with E-state index in [9.17, 15) is 9.59 Å². The van der Waals surface area contributed by atoms with E-state index in [1.165, 1.54) is 6.07 Å². The number of rotatable bonds is 3. The third-order valence-corrected chi connectivity index (χ3v) is 3.80. The average molecular weight is 343 g/mol. The molecule has 0 saturated carbocycles. The lowest BCUT2D eigenvalue weighted by atomic mass is 10.1. The van der Waals surface area contributed by atoms with Gasteiger partial charge >= 0.3 is 0 Å². The van der Waals surface area contributed by atoms with E-state index in [4.69, 9.17) is 16.0 Å². The highest BCUT2D eigenvalue weighted by atomic mass is 35.5. The standard InChI is InChI=1S/C18H15ClN2O3/c1-11-5-6-16-15(7-11)13(10-24-16)9-17(22)20-21-18(23)12-3-2-4-14(19)8-12/h2-8,10H,9H2,1H3,(H,20,22)(H,21,23). The zero-order chi connectivity index (χ0) is 17.1. The lowest BCUT2D eigenvalue weighted by molar-refractivity contribution is -0.121. The van der Waals surface area contributed by atoms with Gasteiger partial charge in [0.05, 0.1) is 12.7 Å². The second kappa shape index (κ2) is 6.76. The Morgan fingerprint density at radius 1 is 1.12 bits per heavy atom. The molecular weight excluding hydrogens is 328 g/mol. The van der Waals surface area contributed by atoms with Crippen LogP contribution in [0.2, 0.25) is 5.02 Å². The maximum atomic E-state index is 12.0. The Balaban J connectivity index is 1.63. The number of nitrogens with one attached hydrogen (secondary N) is 2.